The first-order valence-electron chi connectivity index (χ1n) is 8.12. The summed E-state index contributed by atoms with van der Waals surface area (Å²) < 4.78 is 0. The van der Waals surface area contributed by atoms with E-state index in [4.69, 9.17) is 162 Å². The molecule has 0 unspecified atom stereocenters. The van der Waals surface area contributed by atoms with E-state index in [0.29, 0.717) is 0 Å². The second-order valence-electron chi connectivity index (χ2n) is 6.24. The zero-order chi connectivity index (χ0) is 26.0. The molecular weight excluding hydrogens is 741 g/mol. The second kappa shape index (κ2) is 11.3. The fourth-order valence-corrected chi connectivity index (χ4v) is 6.55. The Balaban J connectivity index is 2.74. The lowest BCUT2D eigenvalue weighted by Crippen LogP contribution is -2.08. The van der Waals surface area contributed by atoms with Gasteiger partial charge in [-0.2, -0.15) is 0 Å². The van der Waals surface area contributed by atoms with Gasteiger partial charge in [-0.1, -0.05) is 151 Å². The van der Waals surface area contributed by atoms with Crippen LogP contribution in [-0.2, 0) is 0 Å². The van der Waals surface area contributed by atoms with Crippen molar-refractivity contribution < 1.29 is 5.11 Å². The highest BCUT2D eigenvalue weighted by Crippen LogP contribution is 2.58. The predicted octanol–water partition coefficient (Wildman–Crippen LogP) is 13.2. The number of aromatic hydroxyl groups is 1. The Morgan fingerprint density at radius 2 is 0.676 bits per heavy atom. The molecule has 3 rings (SSSR count). The van der Waals surface area contributed by atoms with E-state index in [1.54, 1.807) is 0 Å². The summed E-state index contributed by atoms with van der Waals surface area (Å²) in [5, 5.41) is 7.17. The van der Waals surface area contributed by atoms with E-state index >= 15 is 0 Å². The van der Waals surface area contributed by atoms with Crippen molar-refractivity contribution in [2.45, 2.75) is 0 Å². The SMILES string of the molecule is Oc1c(Cl)c(Cl)c(C(=C2C(Cl)=C(Cl)[C](Cl)C(Cl)=C2Cl)c2c(Cl)c(Cl)c(Cl)c(Cl)c2Cl)c(Cl)c1Cl. The van der Waals surface area contributed by atoms with Crippen molar-refractivity contribution in [1.29, 1.82) is 0 Å². The number of hydrogen-bond donors (Lipinski definition) is 1. The summed E-state index contributed by atoms with van der Waals surface area (Å²) in [5.41, 5.74) is -0.373. The molecule has 0 aliphatic heterocycles. The molecule has 0 saturated carbocycles. The molecule has 0 atom stereocenters. The van der Waals surface area contributed by atoms with Crippen LogP contribution in [0.4, 0.5) is 0 Å². The van der Waals surface area contributed by atoms with Crippen molar-refractivity contribution in [3.05, 3.63) is 87.4 Å². The van der Waals surface area contributed by atoms with Gasteiger partial charge in [0, 0.05) is 22.3 Å². The van der Waals surface area contributed by atoms with Gasteiger partial charge in [-0.05, 0) is 0 Å². The molecule has 0 aromatic heterocycles. The lowest BCUT2D eigenvalue weighted by Gasteiger charge is -2.26. The van der Waals surface area contributed by atoms with Gasteiger partial charge in [0.15, 0.2) is 5.75 Å². The Morgan fingerprint density at radius 1 is 0.382 bits per heavy atom. The molecule has 1 radical (unpaired) electrons. The molecule has 0 fully saturated rings. The Bertz CT molecular complexity index is 1200. The van der Waals surface area contributed by atoms with Gasteiger partial charge in [-0.25, -0.2) is 0 Å². The van der Waals surface area contributed by atoms with E-state index in [0.717, 1.165) is 0 Å². The number of hydrogen-bond acceptors (Lipinski definition) is 1. The summed E-state index contributed by atoms with van der Waals surface area (Å²) in [5.74, 6) is -0.588. The number of benzene rings is 2. The van der Waals surface area contributed by atoms with Crippen LogP contribution in [-0.4, -0.2) is 5.11 Å². The van der Waals surface area contributed by atoms with E-state index in [1.165, 1.54) is 0 Å². The first kappa shape index (κ1) is 30.1. The molecule has 1 aliphatic carbocycles. The Hall–Kier alpha value is 1.52. The molecule has 2 aromatic rings. The van der Waals surface area contributed by atoms with E-state index in [2.05, 4.69) is 0 Å². The highest BCUT2D eigenvalue weighted by Gasteiger charge is 2.37. The number of phenolic OH excluding ortho intramolecular Hbond substituents is 1. The molecule has 181 valence electrons. The maximum absolute atomic E-state index is 10.2. The predicted molar refractivity (Wildman–Crippen MR) is 152 cm³/mol. The molecule has 0 saturated heterocycles. The minimum absolute atomic E-state index is 0.0809. The number of allylic oxidation sites excluding steroid dienone is 5. The number of phenols is 1. The largest absolute Gasteiger partial charge is 0.505 e. The summed E-state index contributed by atoms with van der Waals surface area (Å²) in [6.07, 6.45) is 0. The third-order valence-electron chi connectivity index (χ3n) is 4.41. The molecule has 34 heavy (non-hydrogen) atoms. The highest BCUT2D eigenvalue weighted by atomic mass is 35.5. The number of rotatable bonds is 2. The summed E-state index contributed by atoms with van der Waals surface area (Å²) >= 11 is 89.0. The lowest BCUT2D eigenvalue weighted by molar-refractivity contribution is 0.476. The van der Waals surface area contributed by atoms with Crippen LogP contribution >= 0.6 is 162 Å². The third kappa shape index (κ3) is 4.85. The molecule has 1 aliphatic rings. The average molecular weight is 742 g/mol. The second-order valence-corrected chi connectivity index (χ2v) is 11.5. The first-order valence-corrected chi connectivity index (χ1v) is 13.4. The molecule has 0 heterocycles. The van der Waals surface area contributed by atoms with Gasteiger partial charge in [0.25, 0.3) is 0 Å². The summed E-state index contributed by atoms with van der Waals surface area (Å²) in [6.45, 7) is 0. The van der Waals surface area contributed by atoms with Gasteiger partial charge in [0.2, 0.25) is 0 Å². The Labute approximate surface area is 263 Å². The third-order valence-corrected chi connectivity index (χ3v) is 10.6. The van der Waals surface area contributed by atoms with Crippen LogP contribution in [0, 0.1) is 5.38 Å². The van der Waals surface area contributed by atoms with E-state index in [-0.39, 0.29) is 93.0 Å². The van der Waals surface area contributed by atoms with Crippen molar-refractivity contribution in [3.63, 3.8) is 0 Å². The lowest BCUT2D eigenvalue weighted by atomic mass is 9.90. The minimum atomic E-state index is -0.588. The molecule has 2 aromatic carbocycles. The Morgan fingerprint density at radius 3 is 1.03 bits per heavy atom. The van der Waals surface area contributed by atoms with E-state index in [9.17, 15) is 5.11 Å². The summed E-state index contributed by atoms with van der Waals surface area (Å²) in [6, 6.07) is 0. The van der Waals surface area contributed by atoms with E-state index in [1.807, 2.05) is 0 Å². The zero-order valence-corrected chi connectivity index (χ0v) is 25.8. The summed E-state index contributed by atoms with van der Waals surface area (Å²) in [7, 11) is 0. The van der Waals surface area contributed by atoms with Crippen molar-refractivity contribution in [2.75, 3.05) is 0 Å². The maximum Gasteiger partial charge on any atom is 0.155 e. The molecule has 0 amide bonds. The van der Waals surface area contributed by atoms with Crippen LogP contribution in [0.25, 0.3) is 5.57 Å². The maximum atomic E-state index is 10.2. The van der Waals surface area contributed by atoms with Gasteiger partial charge in [0.1, 0.15) is 15.4 Å². The van der Waals surface area contributed by atoms with Gasteiger partial charge >= 0.3 is 0 Å². The molecular formula is C19HCl14O. The van der Waals surface area contributed by atoms with Gasteiger partial charge in [0.05, 0.1) is 55.3 Å². The zero-order valence-electron chi connectivity index (χ0n) is 15.2. The molecule has 0 spiro atoms. The molecule has 1 N–H and O–H groups in total. The molecule has 0 bridgehead atoms. The smallest absolute Gasteiger partial charge is 0.155 e. The molecule has 1 nitrogen and oxygen atoms in total. The van der Waals surface area contributed by atoms with Gasteiger partial charge in [-0.15, -0.1) is 11.6 Å². The van der Waals surface area contributed by atoms with Crippen LogP contribution in [0.2, 0.25) is 45.2 Å². The van der Waals surface area contributed by atoms with Crippen LogP contribution in [0.3, 0.4) is 0 Å². The van der Waals surface area contributed by atoms with Crippen LogP contribution in [0.15, 0.2) is 25.7 Å². The fourth-order valence-electron chi connectivity index (χ4n) is 2.86. The summed E-state index contributed by atoms with van der Waals surface area (Å²) in [4.78, 5) is 0. The minimum Gasteiger partial charge on any atom is -0.505 e. The average Bonchev–Trinajstić information content (AvgIpc) is 2.81. The highest BCUT2D eigenvalue weighted by molar-refractivity contribution is 6.59. The molecule has 15 heteroatoms. The van der Waals surface area contributed by atoms with Crippen molar-refractivity contribution >= 4 is 168 Å². The standard InChI is InChI=1S/C19HCl14O/c20-5-2(6(21)12(27)15(30)11(5)26)1(3-7(22)13(28)16(31)14(29)8(3)23)4-9(24)17(32)19(34)18(33)10(4)25/h34H. The van der Waals surface area contributed by atoms with Crippen molar-refractivity contribution in [3.8, 4) is 5.75 Å². The fraction of sp³-hybridized carbons (Fsp3) is 0. The quantitative estimate of drug-likeness (QED) is 0.240. The monoisotopic (exact) mass is 735 g/mol. The Kier molecular flexibility index (Phi) is 10.0. The van der Waals surface area contributed by atoms with Crippen molar-refractivity contribution in [1.82, 2.24) is 0 Å². The first-order chi connectivity index (χ1) is 15.7. The van der Waals surface area contributed by atoms with Gasteiger partial charge < -0.3 is 5.11 Å². The normalized spacial score (nSPS) is 15.1. The van der Waals surface area contributed by atoms with Gasteiger partial charge in [-0.3, -0.25) is 0 Å². The van der Waals surface area contributed by atoms with Crippen molar-refractivity contribution in [2.24, 2.45) is 0 Å². The topological polar surface area (TPSA) is 20.2 Å². The number of halogens is 14. The van der Waals surface area contributed by atoms with Crippen LogP contribution in [0.5, 0.6) is 5.75 Å². The van der Waals surface area contributed by atoms with Crippen LogP contribution < -0.4 is 0 Å². The van der Waals surface area contributed by atoms with E-state index < -0.39 is 5.75 Å². The van der Waals surface area contributed by atoms with Crippen LogP contribution in [0.1, 0.15) is 11.1 Å².